The quantitative estimate of drug-likeness (QED) is 0.770. The van der Waals surface area contributed by atoms with Crippen LogP contribution < -0.4 is 14.2 Å². The maximum absolute atomic E-state index is 5.62. The molecule has 0 N–H and O–H groups in total. The summed E-state index contributed by atoms with van der Waals surface area (Å²) in [5, 5.41) is 0. The predicted molar refractivity (Wildman–Crippen MR) is 82.6 cm³/mol. The molecule has 0 aliphatic heterocycles. The third-order valence-electron chi connectivity index (χ3n) is 3.27. The zero-order valence-corrected chi connectivity index (χ0v) is 14.4. The van der Waals surface area contributed by atoms with E-state index in [9.17, 15) is 0 Å². The van der Waals surface area contributed by atoms with Crippen LogP contribution in [-0.4, -0.2) is 29.4 Å². The van der Waals surface area contributed by atoms with Gasteiger partial charge in [0.15, 0.2) is 11.5 Å². The molecule has 3 nitrogen and oxygen atoms in total. The minimum atomic E-state index is -1.26. The molecule has 0 bridgehead atoms. The Bertz CT molecular complexity index is 462. The summed E-state index contributed by atoms with van der Waals surface area (Å²) in [6.45, 7) is 11.2. The molecule has 1 aromatic carbocycles. The summed E-state index contributed by atoms with van der Waals surface area (Å²) in [7, 11) is 3.83. The Morgan fingerprint density at radius 2 is 1.21 bits per heavy atom. The van der Waals surface area contributed by atoms with E-state index >= 15 is 0 Å². The molecule has 0 aromatic heterocycles. The second kappa shape index (κ2) is 5.86. The molecule has 0 saturated heterocycles. The summed E-state index contributed by atoms with van der Waals surface area (Å²) < 4.78 is 16.7. The zero-order chi connectivity index (χ0) is 14.8. The maximum atomic E-state index is 5.62. The molecule has 1 rings (SSSR count). The molecule has 108 valence electrons. The fraction of sp³-hybridized carbons (Fsp3) is 0.600. The monoisotopic (exact) mass is 282 g/mol. The number of benzene rings is 1. The van der Waals surface area contributed by atoms with Gasteiger partial charge in [0, 0.05) is 19.2 Å². The van der Waals surface area contributed by atoms with Crippen LogP contribution in [0.25, 0.3) is 0 Å². The minimum Gasteiger partial charge on any atom is -0.496 e. The fourth-order valence-corrected chi connectivity index (χ4v) is 4.00. The Balaban J connectivity index is 3.58. The minimum absolute atomic E-state index is 0.790. The van der Waals surface area contributed by atoms with Gasteiger partial charge >= 0.3 is 0 Å². The molecular weight excluding hydrogens is 256 g/mol. The van der Waals surface area contributed by atoms with Crippen molar-refractivity contribution in [2.24, 2.45) is 0 Å². The van der Waals surface area contributed by atoms with Crippen molar-refractivity contribution in [1.82, 2.24) is 0 Å². The van der Waals surface area contributed by atoms with E-state index in [2.05, 4.69) is 26.6 Å². The lowest BCUT2D eigenvalue weighted by Gasteiger charge is -2.24. The Kier molecular flexibility index (Phi) is 4.90. The van der Waals surface area contributed by atoms with Gasteiger partial charge in [-0.2, -0.15) is 0 Å². The highest BCUT2D eigenvalue weighted by atomic mass is 28.3. The molecule has 0 fully saturated rings. The molecule has 0 heterocycles. The number of rotatable bonds is 5. The van der Waals surface area contributed by atoms with Crippen molar-refractivity contribution in [2.45, 2.75) is 39.5 Å². The maximum Gasteiger partial charge on any atom is 0.167 e. The first-order valence-corrected chi connectivity index (χ1v) is 10.3. The lowest BCUT2D eigenvalue weighted by atomic mass is 10.0. The van der Waals surface area contributed by atoms with E-state index in [1.165, 1.54) is 11.1 Å². The Morgan fingerprint density at radius 1 is 0.737 bits per heavy atom. The summed E-state index contributed by atoms with van der Waals surface area (Å²) in [6.07, 6.45) is 0. The number of hydrogen-bond donors (Lipinski definition) is 0. The summed E-state index contributed by atoms with van der Waals surface area (Å²) >= 11 is 0. The SMILES string of the molecule is COc1c(C)c(C[Si](C)(C)C)c(OC)c(OC)c1C. The first-order valence-electron chi connectivity index (χ1n) is 6.54. The van der Waals surface area contributed by atoms with Crippen LogP contribution >= 0.6 is 0 Å². The molecule has 0 saturated carbocycles. The second-order valence-electron chi connectivity index (χ2n) is 6.07. The highest BCUT2D eigenvalue weighted by Crippen LogP contribution is 2.44. The first kappa shape index (κ1) is 15.9. The van der Waals surface area contributed by atoms with Gasteiger partial charge in [0.05, 0.1) is 21.3 Å². The highest BCUT2D eigenvalue weighted by molar-refractivity contribution is 6.75. The summed E-state index contributed by atoms with van der Waals surface area (Å²) in [4.78, 5) is 0. The Labute approximate surface area is 117 Å². The van der Waals surface area contributed by atoms with Gasteiger partial charge in [-0.3, -0.25) is 0 Å². The fourth-order valence-electron chi connectivity index (χ4n) is 2.51. The molecule has 4 heteroatoms. The van der Waals surface area contributed by atoms with Gasteiger partial charge in [-0.1, -0.05) is 19.6 Å². The van der Waals surface area contributed by atoms with E-state index in [0.717, 1.165) is 28.9 Å². The smallest absolute Gasteiger partial charge is 0.167 e. The average molecular weight is 282 g/mol. The lowest BCUT2D eigenvalue weighted by Crippen LogP contribution is -2.25. The van der Waals surface area contributed by atoms with Gasteiger partial charge in [0.2, 0.25) is 0 Å². The van der Waals surface area contributed by atoms with Crippen LogP contribution in [0.5, 0.6) is 17.2 Å². The highest BCUT2D eigenvalue weighted by Gasteiger charge is 2.25. The van der Waals surface area contributed by atoms with Crippen molar-refractivity contribution < 1.29 is 14.2 Å². The summed E-state index contributed by atoms with van der Waals surface area (Å²) in [5.74, 6) is 2.56. The Morgan fingerprint density at radius 3 is 1.58 bits per heavy atom. The van der Waals surface area contributed by atoms with Crippen molar-refractivity contribution in [3.8, 4) is 17.2 Å². The number of ether oxygens (including phenoxy) is 3. The number of hydrogen-bond acceptors (Lipinski definition) is 3. The molecule has 0 aliphatic carbocycles. The summed E-state index contributed by atoms with van der Waals surface area (Å²) in [5.41, 5.74) is 3.39. The van der Waals surface area contributed by atoms with Crippen molar-refractivity contribution in [1.29, 1.82) is 0 Å². The molecule has 19 heavy (non-hydrogen) atoms. The molecule has 0 spiro atoms. The van der Waals surface area contributed by atoms with E-state index in [-0.39, 0.29) is 0 Å². The molecule has 0 aliphatic rings. The normalized spacial score (nSPS) is 11.4. The van der Waals surface area contributed by atoms with Gasteiger partial charge in [0.25, 0.3) is 0 Å². The van der Waals surface area contributed by atoms with Crippen molar-refractivity contribution >= 4 is 8.07 Å². The number of methoxy groups -OCH3 is 3. The van der Waals surface area contributed by atoms with Gasteiger partial charge < -0.3 is 14.2 Å². The van der Waals surface area contributed by atoms with Crippen LogP contribution in [0.15, 0.2) is 0 Å². The third kappa shape index (κ3) is 3.24. The van der Waals surface area contributed by atoms with Crippen molar-refractivity contribution in [3.63, 3.8) is 0 Å². The van der Waals surface area contributed by atoms with Crippen LogP contribution in [0.2, 0.25) is 19.6 Å². The second-order valence-corrected chi connectivity index (χ2v) is 11.5. The first-order chi connectivity index (χ1) is 8.76. The molecule has 0 amide bonds. The van der Waals surface area contributed by atoms with E-state index in [4.69, 9.17) is 14.2 Å². The van der Waals surface area contributed by atoms with Gasteiger partial charge in [-0.05, 0) is 25.5 Å². The topological polar surface area (TPSA) is 27.7 Å². The van der Waals surface area contributed by atoms with Gasteiger partial charge in [0.1, 0.15) is 5.75 Å². The average Bonchev–Trinajstić information content (AvgIpc) is 2.31. The molecule has 0 radical (unpaired) electrons. The van der Waals surface area contributed by atoms with Crippen LogP contribution in [-0.2, 0) is 6.04 Å². The predicted octanol–water partition coefficient (Wildman–Crippen LogP) is 3.75. The zero-order valence-electron chi connectivity index (χ0n) is 13.4. The summed E-state index contributed by atoms with van der Waals surface area (Å²) in [6, 6.07) is 1.05. The Hall–Kier alpha value is -1.16. The third-order valence-corrected chi connectivity index (χ3v) is 4.69. The molecule has 0 atom stereocenters. The van der Waals surface area contributed by atoms with Crippen LogP contribution in [0.3, 0.4) is 0 Å². The van der Waals surface area contributed by atoms with Gasteiger partial charge in [-0.25, -0.2) is 0 Å². The van der Waals surface area contributed by atoms with E-state index in [1.807, 2.05) is 6.92 Å². The van der Waals surface area contributed by atoms with E-state index in [0.29, 0.717) is 0 Å². The van der Waals surface area contributed by atoms with Crippen molar-refractivity contribution in [2.75, 3.05) is 21.3 Å². The van der Waals surface area contributed by atoms with Gasteiger partial charge in [-0.15, -0.1) is 0 Å². The largest absolute Gasteiger partial charge is 0.496 e. The van der Waals surface area contributed by atoms with Crippen molar-refractivity contribution in [3.05, 3.63) is 16.7 Å². The molecule has 0 unspecified atom stereocenters. The van der Waals surface area contributed by atoms with Crippen LogP contribution in [0, 0.1) is 13.8 Å². The molecule has 1 aromatic rings. The van der Waals surface area contributed by atoms with Crippen LogP contribution in [0.4, 0.5) is 0 Å². The van der Waals surface area contributed by atoms with E-state index in [1.54, 1.807) is 21.3 Å². The lowest BCUT2D eigenvalue weighted by molar-refractivity contribution is 0.342. The van der Waals surface area contributed by atoms with E-state index < -0.39 is 8.07 Å². The standard InChI is InChI=1S/C15H26O3Si/c1-10-12(9-19(6,7)8)15(18-5)14(17-4)11(2)13(10)16-3/h9H2,1-8H3. The van der Waals surface area contributed by atoms with Crippen LogP contribution in [0.1, 0.15) is 16.7 Å². The molecular formula is C15H26O3Si.